The molecule has 0 aliphatic carbocycles. The van der Waals surface area contributed by atoms with Crippen molar-refractivity contribution >= 4 is 16.7 Å². The van der Waals surface area contributed by atoms with Crippen LogP contribution in [0.2, 0.25) is 0 Å². The molecular formula is C14H16N2O3. The fourth-order valence-electron chi connectivity index (χ4n) is 2.93. The van der Waals surface area contributed by atoms with Gasteiger partial charge >= 0.3 is 0 Å². The van der Waals surface area contributed by atoms with Crippen LogP contribution < -0.4 is 0 Å². The van der Waals surface area contributed by atoms with Crippen molar-refractivity contribution in [2.24, 2.45) is 0 Å². The molecule has 1 aliphatic heterocycles. The molecule has 3 rings (SSSR count). The predicted octanol–water partition coefficient (Wildman–Crippen LogP) is 3.45. The molecule has 0 radical (unpaired) electrons. The van der Waals surface area contributed by atoms with Gasteiger partial charge in [-0.05, 0) is 20.0 Å². The molecule has 0 bridgehead atoms. The lowest BCUT2D eigenvalue weighted by atomic mass is 9.92. The average molecular weight is 260 g/mol. The molecule has 0 saturated carbocycles. The van der Waals surface area contributed by atoms with E-state index in [1.165, 1.54) is 6.07 Å². The molecule has 100 valence electrons. The fraction of sp³-hybridized carbons (Fsp3) is 0.429. The number of hydrogen-bond donors (Lipinski definition) is 0. The maximum Gasteiger partial charge on any atom is 0.270 e. The normalized spacial score (nSPS) is 23.5. The smallest absolute Gasteiger partial charge is 0.270 e. The van der Waals surface area contributed by atoms with Gasteiger partial charge in [0, 0.05) is 41.6 Å². The van der Waals surface area contributed by atoms with E-state index in [9.17, 15) is 10.1 Å². The van der Waals surface area contributed by atoms with Gasteiger partial charge in [0.05, 0.1) is 4.92 Å². The molecule has 1 aliphatic rings. The van der Waals surface area contributed by atoms with Crippen LogP contribution in [0.5, 0.6) is 0 Å². The predicted molar refractivity (Wildman–Crippen MR) is 72.3 cm³/mol. The maximum absolute atomic E-state index is 10.9. The quantitative estimate of drug-likeness (QED) is 0.582. The van der Waals surface area contributed by atoms with E-state index in [0.29, 0.717) is 5.92 Å². The highest BCUT2D eigenvalue weighted by molar-refractivity contribution is 5.85. The highest BCUT2D eigenvalue weighted by Gasteiger charge is 2.32. The zero-order valence-electron chi connectivity index (χ0n) is 11.2. The highest BCUT2D eigenvalue weighted by Crippen LogP contribution is 2.42. The number of non-ortho nitro benzene ring substituents is 1. The molecule has 0 N–H and O–H groups in total. The van der Waals surface area contributed by atoms with E-state index in [-0.39, 0.29) is 16.7 Å². The van der Waals surface area contributed by atoms with Crippen molar-refractivity contribution in [3.63, 3.8) is 0 Å². The summed E-state index contributed by atoms with van der Waals surface area (Å²) in [5, 5.41) is 11.8. The van der Waals surface area contributed by atoms with Gasteiger partial charge in [0.15, 0.2) is 0 Å². The number of nitro groups is 1. The highest BCUT2D eigenvalue weighted by atomic mass is 16.6. The third-order valence-electron chi connectivity index (χ3n) is 4.04. The molecule has 1 aromatic heterocycles. The van der Waals surface area contributed by atoms with Crippen LogP contribution in [0, 0.1) is 10.1 Å². The van der Waals surface area contributed by atoms with Crippen molar-refractivity contribution < 1.29 is 9.34 Å². The molecule has 2 atom stereocenters. The molecule has 0 amide bonds. The topological polar surface area (TPSA) is 59.5 Å². The van der Waals surface area contributed by atoms with Crippen molar-refractivity contribution in [2.45, 2.75) is 25.8 Å². The van der Waals surface area contributed by atoms with Crippen LogP contribution in [-0.4, -0.2) is 23.4 Å². The number of hydrogen-bond acceptors (Lipinski definition) is 4. The van der Waals surface area contributed by atoms with E-state index in [2.05, 4.69) is 25.8 Å². The molecule has 0 fully saturated rings. The second-order valence-corrected chi connectivity index (χ2v) is 5.33. The zero-order valence-corrected chi connectivity index (χ0v) is 11.2. The summed E-state index contributed by atoms with van der Waals surface area (Å²) >= 11 is 0. The second-order valence-electron chi connectivity index (χ2n) is 5.33. The van der Waals surface area contributed by atoms with E-state index < -0.39 is 0 Å². The summed E-state index contributed by atoms with van der Waals surface area (Å²) in [6, 6.07) is 5.04. The Hall–Kier alpha value is -1.88. The van der Waals surface area contributed by atoms with Crippen LogP contribution >= 0.6 is 0 Å². The first kappa shape index (κ1) is 12.2. The lowest BCUT2D eigenvalue weighted by Crippen LogP contribution is -2.31. The molecule has 1 aromatic carbocycles. The van der Waals surface area contributed by atoms with Crippen molar-refractivity contribution in [1.29, 1.82) is 0 Å². The van der Waals surface area contributed by atoms with Gasteiger partial charge in [-0.15, -0.1) is 0 Å². The SMILES string of the molecule is C[C@@H]1CN(C)[C@@H](C)c2c1oc1ccc([N+](=O)[O-])cc21. The lowest BCUT2D eigenvalue weighted by molar-refractivity contribution is -0.384. The Kier molecular flexibility index (Phi) is 2.60. The van der Waals surface area contributed by atoms with Crippen LogP contribution in [0.25, 0.3) is 11.0 Å². The zero-order chi connectivity index (χ0) is 13.7. The Morgan fingerprint density at radius 1 is 1.42 bits per heavy atom. The Bertz CT molecular complexity index is 662. The molecule has 0 spiro atoms. The summed E-state index contributed by atoms with van der Waals surface area (Å²) in [5.74, 6) is 1.28. The fourth-order valence-corrected chi connectivity index (χ4v) is 2.93. The monoisotopic (exact) mass is 260 g/mol. The van der Waals surface area contributed by atoms with Gasteiger partial charge in [0.2, 0.25) is 0 Å². The minimum atomic E-state index is -0.362. The molecule has 5 nitrogen and oxygen atoms in total. The number of furan rings is 1. The van der Waals surface area contributed by atoms with Crippen LogP contribution in [0.1, 0.15) is 37.1 Å². The molecule has 2 aromatic rings. The Balaban J connectivity index is 2.28. The van der Waals surface area contributed by atoms with Gasteiger partial charge in [-0.3, -0.25) is 15.0 Å². The van der Waals surface area contributed by atoms with Crippen molar-refractivity contribution in [1.82, 2.24) is 4.90 Å². The maximum atomic E-state index is 10.9. The largest absolute Gasteiger partial charge is 0.460 e. The third-order valence-corrected chi connectivity index (χ3v) is 4.04. The van der Waals surface area contributed by atoms with Crippen LogP contribution in [0.15, 0.2) is 22.6 Å². The summed E-state index contributed by atoms with van der Waals surface area (Å²) in [5.41, 5.74) is 1.95. The van der Waals surface area contributed by atoms with E-state index in [4.69, 9.17) is 4.42 Å². The number of fused-ring (bicyclic) bond motifs is 3. The number of benzene rings is 1. The van der Waals surface area contributed by atoms with E-state index >= 15 is 0 Å². The number of rotatable bonds is 1. The van der Waals surface area contributed by atoms with Crippen LogP contribution in [0.4, 0.5) is 5.69 Å². The number of nitro benzene ring substituents is 1. The molecule has 5 heteroatoms. The minimum absolute atomic E-state index is 0.115. The van der Waals surface area contributed by atoms with Gasteiger partial charge < -0.3 is 4.42 Å². The van der Waals surface area contributed by atoms with E-state index in [0.717, 1.165) is 28.8 Å². The van der Waals surface area contributed by atoms with E-state index in [1.807, 2.05) is 0 Å². The summed E-state index contributed by atoms with van der Waals surface area (Å²) in [6.07, 6.45) is 0. The molecular weight excluding hydrogens is 244 g/mol. The van der Waals surface area contributed by atoms with Gasteiger partial charge in [-0.2, -0.15) is 0 Å². The summed E-state index contributed by atoms with van der Waals surface area (Å²) < 4.78 is 5.91. The first-order valence-corrected chi connectivity index (χ1v) is 6.40. The van der Waals surface area contributed by atoms with Crippen molar-refractivity contribution in [3.8, 4) is 0 Å². The average Bonchev–Trinajstić information content (AvgIpc) is 2.75. The van der Waals surface area contributed by atoms with Crippen LogP contribution in [-0.2, 0) is 0 Å². The van der Waals surface area contributed by atoms with Crippen molar-refractivity contribution in [3.05, 3.63) is 39.6 Å². The summed E-state index contributed by atoms with van der Waals surface area (Å²) in [7, 11) is 2.07. The second kappa shape index (κ2) is 4.06. The van der Waals surface area contributed by atoms with Crippen molar-refractivity contribution in [2.75, 3.05) is 13.6 Å². The van der Waals surface area contributed by atoms with Gasteiger partial charge in [0.1, 0.15) is 11.3 Å². The molecule has 0 saturated heterocycles. The first-order chi connectivity index (χ1) is 8.99. The summed E-state index contributed by atoms with van der Waals surface area (Å²) in [4.78, 5) is 12.8. The van der Waals surface area contributed by atoms with Gasteiger partial charge in [-0.25, -0.2) is 0 Å². The lowest BCUT2D eigenvalue weighted by Gasteiger charge is -2.32. The number of nitrogens with zero attached hydrogens (tertiary/aromatic N) is 2. The standard InChI is InChI=1S/C14H16N2O3/c1-8-7-15(3)9(2)13-11-6-10(16(17)18)4-5-12(11)19-14(8)13/h4-6,8-9H,7H2,1-3H3/t8-,9+/m1/s1. The van der Waals surface area contributed by atoms with E-state index in [1.54, 1.807) is 12.1 Å². The van der Waals surface area contributed by atoms with Crippen LogP contribution in [0.3, 0.4) is 0 Å². The molecule has 2 heterocycles. The third kappa shape index (κ3) is 1.73. The number of likely N-dealkylation sites (N-methyl/N-ethyl adjacent to an activating group) is 1. The summed E-state index contributed by atoms with van der Waals surface area (Å²) in [6.45, 7) is 5.17. The van der Waals surface area contributed by atoms with Gasteiger partial charge in [0.25, 0.3) is 5.69 Å². The Morgan fingerprint density at radius 3 is 2.84 bits per heavy atom. The molecule has 0 unspecified atom stereocenters. The first-order valence-electron chi connectivity index (χ1n) is 6.40. The Labute approximate surface area is 111 Å². The minimum Gasteiger partial charge on any atom is -0.460 e. The molecule has 19 heavy (non-hydrogen) atoms. The van der Waals surface area contributed by atoms with Gasteiger partial charge in [-0.1, -0.05) is 6.92 Å². The Morgan fingerprint density at radius 2 is 2.16 bits per heavy atom.